The van der Waals surface area contributed by atoms with Crippen LogP contribution in [0.1, 0.15) is 27.7 Å². The molecule has 0 bridgehead atoms. The van der Waals surface area contributed by atoms with Crippen molar-refractivity contribution in [2.75, 3.05) is 48.0 Å². The molecule has 118 valence electrons. The third-order valence-corrected chi connectivity index (χ3v) is 3.50. The van der Waals surface area contributed by atoms with Crippen LogP contribution in [0.3, 0.4) is 0 Å². The van der Waals surface area contributed by atoms with Gasteiger partial charge in [-0.05, 0) is 27.7 Å². The number of nitrogen functional groups attached to an aromatic ring is 1. The molecule has 0 saturated carbocycles. The minimum Gasteiger partial charge on any atom is -0.372 e. The largest absolute Gasteiger partial charge is 0.372 e. The molecule has 0 atom stereocenters. The van der Waals surface area contributed by atoms with E-state index in [0.29, 0.717) is 24.5 Å². The maximum Gasteiger partial charge on any atom is 0.243 e. The number of hydrazine groups is 1. The summed E-state index contributed by atoms with van der Waals surface area (Å²) < 4.78 is 5.73. The van der Waals surface area contributed by atoms with E-state index in [4.69, 9.17) is 10.6 Å². The van der Waals surface area contributed by atoms with E-state index in [1.165, 1.54) is 0 Å². The molecular formula is C13H25N7O. The first-order valence-corrected chi connectivity index (χ1v) is 7.35. The summed E-state index contributed by atoms with van der Waals surface area (Å²) in [7, 11) is 0. The fourth-order valence-electron chi connectivity index (χ4n) is 2.39. The number of aromatic nitrogens is 3. The Bertz CT molecular complexity index is 476. The van der Waals surface area contributed by atoms with Crippen LogP contribution < -0.4 is 21.1 Å². The molecule has 0 aromatic carbocycles. The number of nitrogens with zero attached hydrogens (tertiary/aromatic N) is 5. The van der Waals surface area contributed by atoms with Gasteiger partial charge in [-0.15, -0.1) is 0 Å². The van der Waals surface area contributed by atoms with Gasteiger partial charge in [0.1, 0.15) is 0 Å². The van der Waals surface area contributed by atoms with Crippen LogP contribution in [0.25, 0.3) is 0 Å². The SMILES string of the molecule is CCN(CC)c1nc(NN)nc(N2CCOC(C)(C)C2)n1. The fraction of sp³-hybridized carbons (Fsp3) is 0.769. The molecular weight excluding hydrogens is 270 g/mol. The average molecular weight is 295 g/mol. The van der Waals surface area contributed by atoms with E-state index < -0.39 is 0 Å². The van der Waals surface area contributed by atoms with Gasteiger partial charge in [0.15, 0.2) is 0 Å². The molecule has 0 aliphatic carbocycles. The molecule has 1 aliphatic rings. The normalized spacial score (nSPS) is 17.7. The van der Waals surface area contributed by atoms with Crippen molar-refractivity contribution >= 4 is 17.8 Å². The highest BCUT2D eigenvalue weighted by atomic mass is 16.5. The van der Waals surface area contributed by atoms with Crippen molar-refractivity contribution in [1.82, 2.24) is 15.0 Å². The maximum atomic E-state index is 5.73. The van der Waals surface area contributed by atoms with E-state index in [1.807, 2.05) is 0 Å². The lowest BCUT2D eigenvalue weighted by Crippen LogP contribution is -2.49. The lowest BCUT2D eigenvalue weighted by molar-refractivity contribution is -0.0281. The zero-order valence-corrected chi connectivity index (χ0v) is 13.3. The van der Waals surface area contributed by atoms with Gasteiger partial charge in [-0.1, -0.05) is 0 Å². The Hall–Kier alpha value is -1.67. The minimum absolute atomic E-state index is 0.212. The lowest BCUT2D eigenvalue weighted by Gasteiger charge is -2.38. The van der Waals surface area contributed by atoms with Gasteiger partial charge < -0.3 is 14.5 Å². The highest BCUT2D eigenvalue weighted by Crippen LogP contribution is 2.22. The van der Waals surface area contributed by atoms with Crippen molar-refractivity contribution in [3.8, 4) is 0 Å². The van der Waals surface area contributed by atoms with E-state index in [0.717, 1.165) is 26.2 Å². The zero-order valence-electron chi connectivity index (χ0n) is 13.3. The number of hydrogen-bond acceptors (Lipinski definition) is 8. The number of anilines is 3. The summed E-state index contributed by atoms with van der Waals surface area (Å²) in [5.74, 6) is 7.15. The Morgan fingerprint density at radius 2 is 2.00 bits per heavy atom. The highest BCUT2D eigenvalue weighted by molar-refractivity contribution is 5.45. The molecule has 0 unspecified atom stereocenters. The van der Waals surface area contributed by atoms with Crippen molar-refractivity contribution in [1.29, 1.82) is 0 Å². The Labute approximate surface area is 125 Å². The van der Waals surface area contributed by atoms with Gasteiger partial charge in [-0.25, -0.2) is 5.84 Å². The van der Waals surface area contributed by atoms with Crippen LogP contribution in [-0.4, -0.2) is 53.3 Å². The summed E-state index contributed by atoms with van der Waals surface area (Å²) in [6.07, 6.45) is 0. The highest BCUT2D eigenvalue weighted by Gasteiger charge is 2.29. The number of nitrogens with one attached hydrogen (secondary N) is 1. The van der Waals surface area contributed by atoms with Crippen LogP contribution in [0, 0.1) is 0 Å². The summed E-state index contributed by atoms with van der Waals surface area (Å²) >= 11 is 0. The van der Waals surface area contributed by atoms with Crippen LogP contribution in [0.2, 0.25) is 0 Å². The molecule has 2 heterocycles. The van der Waals surface area contributed by atoms with Gasteiger partial charge in [0.05, 0.1) is 12.2 Å². The molecule has 1 aliphatic heterocycles. The second kappa shape index (κ2) is 6.40. The first-order chi connectivity index (χ1) is 9.99. The molecule has 8 heteroatoms. The number of morpholine rings is 1. The first-order valence-electron chi connectivity index (χ1n) is 7.35. The van der Waals surface area contributed by atoms with Crippen LogP contribution in [0.15, 0.2) is 0 Å². The number of rotatable bonds is 5. The monoisotopic (exact) mass is 295 g/mol. The summed E-state index contributed by atoms with van der Waals surface area (Å²) in [5.41, 5.74) is 2.31. The lowest BCUT2D eigenvalue weighted by atomic mass is 10.1. The van der Waals surface area contributed by atoms with E-state index in [1.54, 1.807) is 0 Å². The van der Waals surface area contributed by atoms with Gasteiger partial charge >= 0.3 is 0 Å². The number of hydrogen-bond donors (Lipinski definition) is 2. The van der Waals surface area contributed by atoms with Crippen molar-refractivity contribution in [2.24, 2.45) is 5.84 Å². The van der Waals surface area contributed by atoms with Crippen LogP contribution in [-0.2, 0) is 4.74 Å². The molecule has 21 heavy (non-hydrogen) atoms. The molecule has 1 aromatic rings. The molecule has 2 rings (SSSR count). The minimum atomic E-state index is -0.212. The van der Waals surface area contributed by atoms with Gasteiger partial charge in [-0.3, -0.25) is 5.43 Å². The molecule has 1 saturated heterocycles. The van der Waals surface area contributed by atoms with E-state index in [9.17, 15) is 0 Å². The first kappa shape index (κ1) is 15.7. The van der Waals surface area contributed by atoms with Crippen molar-refractivity contribution < 1.29 is 4.74 Å². The van der Waals surface area contributed by atoms with Gasteiger partial charge in [0, 0.05) is 26.2 Å². The Morgan fingerprint density at radius 3 is 2.57 bits per heavy atom. The molecule has 1 aromatic heterocycles. The average Bonchev–Trinajstić information content (AvgIpc) is 2.47. The standard InChI is InChI=1S/C13H25N7O/c1-5-19(6-2)11-15-10(18-14)16-12(17-11)20-7-8-21-13(3,4)9-20/h5-9,14H2,1-4H3,(H,15,16,17,18). The van der Waals surface area contributed by atoms with Crippen molar-refractivity contribution in [3.05, 3.63) is 0 Å². The summed E-state index contributed by atoms with van der Waals surface area (Å²) in [6, 6.07) is 0. The molecule has 3 N–H and O–H groups in total. The smallest absolute Gasteiger partial charge is 0.243 e. The van der Waals surface area contributed by atoms with Crippen LogP contribution in [0.4, 0.5) is 17.8 Å². The van der Waals surface area contributed by atoms with Gasteiger partial charge in [0.25, 0.3) is 0 Å². The number of nitrogens with two attached hydrogens (primary N) is 1. The summed E-state index contributed by atoms with van der Waals surface area (Å²) in [6.45, 7) is 12.1. The molecule has 0 radical (unpaired) electrons. The predicted octanol–water partition coefficient (Wildman–Crippen LogP) is 0.619. The van der Waals surface area contributed by atoms with Crippen molar-refractivity contribution in [3.63, 3.8) is 0 Å². The van der Waals surface area contributed by atoms with E-state index >= 15 is 0 Å². The van der Waals surface area contributed by atoms with E-state index in [-0.39, 0.29) is 5.60 Å². The Morgan fingerprint density at radius 1 is 1.29 bits per heavy atom. The van der Waals surface area contributed by atoms with E-state index in [2.05, 4.69) is 57.9 Å². The molecule has 1 fully saturated rings. The summed E-state index contributed by atoms with van der Waals surface area (Å²) in [5, 5.41) is 0. The third-order valence-electron chi connectivity index (χ3n) is 3.50. The second-order valence-electron chi connectivity index (χ2n) is 5.61. The van der Waals surface area contributed by atoms with Crippen molar-refractivity contribution in [2.45, 2.75) is 33.3 Å². The fourth-order valence-corrected chi connectivity index (χ4v) is 2.39. The van der Waals surface area contributed by atoms with Gasteiger partial charge in [-0.2, -0.15) is 15.0 Å². The summed E-state index contributed by atoms with van der Waals surface area (Å²) in [4.78, 5) is 17.5. The molecule has 0 spiro atoms. The van der Waals surface area contributed by atoms with Crippen LogP contribution in [0.5, 0.6) is 0 Å². The van der Waals surface area contributed by atoms with Crippen LogP contribution >= 0.6 is 0 Å². The molecule has 0 amide bonds. The Kier molecular flexibility index (Phi) is 4.79. The van der Waals surface area contributed by atoms with Gasteiger partial charge in [0.2, 0.25) is 17.8 Å². The third kappa shape index (κ3) is 3.70. The Balaban J connectivity index is 2.32. The molecule has 8 nitrogen and oxygen atoms in total. The quantitative estimate of drug-likeness (QED) is 0.603. The predicted molar refractivity (Wildman–Crippen MR) is 83.4 cm³/mol. The topological polar surface area (TPSA) is 92.4 Å². The zero-order chi connectivity index (χ0) is 15.5. The second-order valence-corrected chi connectivity index (χ2v) is 5.61. The maximum absolute atomic E-state index is 5.73. The number of ether oxygens (including phenoxy) is 1.